The van der Waals surface area contributed by atoms with Gasteiger partial charge in [-0.05, 0) is 65.9 Å². The van der Waals surface area contributed by atoms with Gasteiger partial charge in [0, 0.05) is 42.1 Å². The van der Waals surface area contributed by atoms with Crippen LogP contribution in [0.15, 0.2) is 47.4 Å². The van der Waals surface area contributed by atoms with Crippen LogP contribution in [-0.2, 0) is 23.0 Å². The number of nitrogens with zero attached hydrogens (tertiary/aromatic N) is 1. The maximum atomic E-state index is 12.9. The minimum atomic E-state index is -3.64. The van der Waals surface area contributed by atoms with Crippen LogP contribution in [0.4, 0.5) is 0 Å². The minimum absolute atomic E-state index is 0.0545. The van der Waals surface area contributed by atoms with Crippen molar-refractivity contribution in [2.24, 2.45) is 0 Å². The van der Waals surface area contributed by atoms with Crippen molar-refractivity contribution in [1.29, 1.82) is 0 Å². The lowest BCUT2D eigenvalue weighted by atomic mass is 10.1. The number of piperidine rings is 1. The number of thiophene rings is 1. The number of carbonyl (C=O) groups is 1. The van der Waals surface area contributed by atoms with Gasteiger partial charge in [0.15, 0.2) is 0 Å². The molecular weight excluding hydrogens is 466 g/mol. The molecule has 168 valence electrons. The number of fused-ring (bicyclic) bond motifs is 2. The normalized spacial score (nSPS) is 17.5. The summed E-state index contributed by atoms with van der Waals surface area (Å²) < 4.78 is 28.7. The van der Waals surface area contributed by atoms with Crippen molar-refractivity contribution in [3.8, 4) is 0 Å². The van der Waals surface area contributed by atoms with Crippen LogP contribution >= 0.6 is 22.9 Å². The number of hydrogen-bond acceptors (Lipinski definition) is 5. The van der Waals surface area contributed by atoms with Crippen molar-refractivity contribution < 1.29 is 13.2 Å². The van der Waals surface area contributed by atoms with E-state index in [1.165, 1.54) is 10.4 Å². The van der Waals surface area contributed by atoms with Gasteiger partial charge in [-0.25, -0.2) is 13.1 Å². The number of benzene rings is 2. The average molecular weight is 490 g/mol. The van der Waals surface area contributed by atoms with E-state index >= 15 is 0 Å². The Bertz CT molecular complexity index is 1260. The lowest BCUT2D eigenvalue weighted by molar-refractivity contribution is 0.0716. The van der Waals surface area contributed by atoms with E-state index in [9.17, 15) is 13.2 Å². The number of amides is 1. The van der Waals surface area contributed by atoms with Crippen molar-refractivity contribution in [2.45, 2.75) is 36.7 Å². The standard InChI is InChI=1S/C23H24ClN3O3S2/c24-18-3-1-16-12-20(4-2-15(16)11-18)32(29,30)26-19-6-9-27(10-7-19)23(28)22-13-17-14-25-8-5-21(17)31-22/h1-4,11-13,19,25-26H,5-10,14H2. The van der Waals surface area contributed by atoms with Crippen LogP contribution in [0, 0.1) is 0 Å². The maximum absolute atomic E-state index is 12.9. The second-order valence-corrected chi connectivity index (χ2v) is 11.6. The van der Waals surface area contributed by atoms with Crippen molar-refractivity contribution in [1.82, 2.24) is 14.9 Å². The Morgan fingerprint density at radius 2 is 1.84 bits per heavy atom. The molecule has 2 N–H and O–H groups in total. The second kappa shape index (κ2) is 8.76. The van der Waals surface area contributed by atoms with Crippen LogP contribution < -0.4 is 10.0 Å². The maximum Gasteiger partial charge on any atom is 0.263 e. The summed E-state index contributed by atoms with van der Waals surface area (Å²) in [5.74, 6) is 0.0545. The van der Waals surface area contributed by atoms with Gasteiger partial charge in [-0.2, -0.15) is 0 Å². The first-order valence-electron chi connectivity index (χ1n) is 10.7. The molecule has 2 aliphatic heterocycles. The zero-order valence-electron chi connectivity index (χ0n) is 17.4. The molecule has 1 amide bonds. The monoisotopic (exact) mass is 489 g/mol. The Morgan fingerprint density at radius 1 is 1.09 bits per heavy atom. The minimum Gasteiger partial charge on any atom is -0.338 e. The summed E-state index contributed by atoms with van der Waals surface area (Å²) in [5, 5.41) is 5.68. The molecule has 0 saturated carbocycles. The second-order valence-electron chi connectivity index (χ2n) is 8.33. The molecule has 0 atom stereocenters. The highest BCUT2D eigenvalue weighted by molar-refractivity contribution is 7.89. The zero-order chi connectivity index (χ0) is 22.3. The number of likely N-dealkylation sites (tertiary alicyclic amines) is 1. The lowest BCUT2D eigenvalue weighted by Gasteiger charge is -2.32. The summed E-state index contributed by atoms with van der Waals surface area (Å²) in [7, 11) is -3.64. The third-order valence-corrected chi connectivity index (χ3v) is 9.12. The lowest BCUT2D eigenvalue weighted by Crippen LogP contribution is -2.46. The molecule has 1 aromatic heterocycles. The highest BCUT2D eigenvalue weighted by Crippen LogP contribution is 2.28. The van der Waals surface area contributed by atoms with E-state index in [1.807, 2.05) is 23.1 Å². The molecule has 2 aromatic carbocycles. The van der Waals surface area contributed by atoms with Gasteiger partial charge in [-0.3, -0.25) is 4.79 Å². The van der Waals surface area contributed by atoms with E-state index in [2.05, 4.69) is 10.0 Å². The number of nitrogens with one attached hydrogen (secondary N) is 2. The number of rotatable bonds is 4. The van der Waals surface area contributed by atoms with Crippen LogP contribution in [0.2, 0.25) is 5.02 Å². The summed E-state index contributed by atoms with van der Waals surface area (Å²) in [6, 6.07) is 12.2. The van der Waals surface area contributed by atoms with Crippen molar-refractivity contribution in [2.75, 3.05) is 19.6 Å². The largest absolute Gasteiger partial charge is 0.338 e. The van der Waals surface area contributed by atoms with Crippen molar-refractivity contribution in [3.05, 3.63) is 62.8 Å². The first-order valence-corrected chi connectivity index (χ1v) is 13.4. The number of halogens is 1. The van der Waals surface area contributed by atoms with E-state index in [4.69, 9.17) is 11.6 Å². The van der Waals surface area contributed by atoms with Crippen molar-refractivity contribution >= 4 is 49.6 Å². The van der Waals surface area contributed by atoms with Gasteiger partial charge in [0.1, 0.15) is 0 Å². The molecule has 0 bridgehead atoms. The highest BCUT2D eigenvalue weighted by Gasteiger charge is 2.28. The molecule has 0 aliphatic carbocycles. The van der Waals surface area contributed by atoms with Gasteiger partial charge in [0.05, 0.1) is 9.77 Å². The van der Waals surface area contributed by atoms with E-state index in [-0.39, 0.29) is 16.8 Å². The molecule has 5 rings (SSSR count). The molecule has 1 fully saturated rings. The van der Waals surface area contributed by atoms with Crippen LogP contribution in [0.5, 0.6) is 0 Å². The van der Waals surface area contributed by atoms with E-state index in [0.717, 1.165) is 35.2 Å². The zero-order valence-corrected chi connectivity index (χ0v) is 19.8. The molecular formula is C23H24ClN3O3S2. The summed E-state index contributed by atoms with van der Waals surface area (Å²) in [6.07, 6.45) is 2.17. The smallest absolute Gasteiger partial charge is 0.263 e. The Balaban J connectivity index is 1.23. The summed E-state index contributed by atoms with van der Waals surface area (Å²) in [5.41, 5.74) is 1.23. The van der Waals surface area contributed by atoms with Gasteiger partial charge in [0.25, 0.3) is 5.91 Å². The average Bonchev–Trinajstić information content (AvgIpc) is 3.23. The molecule has 2 aliphatic rings. The first kappa shape index (κ1) is 21.9. The van der Waals surface area contributed by atoms with Gasteiger partial charge >= 0.3 is 0 Å². The fraction of sp³-hybridized carbons (Fsp3) is 0.348. The number of hydrogen-bond donors (Lipinski definition) is 2. The van der Waals surface area contributed by atoms with Crippen LogP contribution in [0.25, 0.3) is 10.8 Å². The van der Waals surface area contributed by atoms with Crippen LogP contribution in [0.1, 0.15) is 33.0 Å². The predicted octanol–water partition coefficient (Wildman–Crippen LogP) is 3.78. The number of sulfonamides is 1. The predicted molar refractivity (Wildman–Crippen MR) is 128 cm³/mol. The molecule has 9 heteroatoms. The molecule has 3 heterocycles. The summed E-state index contributed by atoms with van der Waals surface area (Å²) in [6.45, 7) is 2.87. The third-order valence-electron chi connectivity index (χ3n) is 6.14. The van der Waals surface area contributed by atoms with Crippen LogP contribution in [-0.4, -0.2) is 44.9 Å². The third kappa shape index (κ3) is 4.43. The van der Waals surface area contributed by atoms with Gasteiger partial charge in [-0.15, -0.1) is 11.3 Å². The summed E-state index contributed by atoms with van der Waals surface area (Å²) in [4.78, 5) is 17.1. The Hall–Kier alpha value is -1.97. The van der Waals surface area contributed by atoms with Gasteiger partial charge < -0.3 is 10.2 Å². The molecule has 0 spiro atoms. The molecule has 32 heavy (non-hydrogen) atoms. The molecule has 6 nitrogen and oxygen atoms in total. The molecule has 1 saturated heterocycles. The van der Waals surface area contributed by atoms with Crippen LogP contribution in [0.3, 0.4) is 0 Å². The quantitative estimate of drug-likeness (QED) is 0.584. The summed E-state index contributed by atoms with van der Waals surface area (Å²) >= 11 is 7.61. The highest BCUT2D eigenvalue weighted by atomic mass is 35.5. The van der Waals surface area contributed by atoms with E-state index in [1.54, 1.807) is 35.6 Å². The Labute approximate surface area is 196 Å². The SMILES string of the molecule is O=C(c1cc2c(s1)CCNC2)N1CCC(NS(=O)(=O)c2ccc3cc(Cl)ccc3c2)CC1. The topological polar surface area (TPSA) is 78.5 Å². The first-order chi connectivity index (χ1) is 15.4. The van der Waals surface area contributed by atoms with E-state index < -0.39 is 10.0 Å². The van der Waals surface area contributed by atoms with Gasteiger partial charge in [0.2, 0.25) is 10.0 Å². The molecule has 0 radical (unpaired) electrons. The molecule has 0 unspecified atom stereocenters. The van der Waals surface area contributed by atoms with Gasteiger partial charge in [-0.1, -0.05) is 23.7 Å². The van der Waals surface area contributed by atoms with Crippen molar-refractivity contribution in [3.63, 3.8) is 0 Å². The Kier molecular flexibility index (Phi) is 5.98. The number of carbonyl (C=O) groups excluding carboxylic acids is 1. The Morgan fingerprint density at radius 3 is 2.62 bits per heavy atom. The fourth-order valence-electron chi connectivity index (χ4n) is 4.36. The van der Waals surface area contributed by atoms with E-state index in [0.29, 0.717) is 31.0 Å². The fourth-order valence-corrected chi connectivity index (χ4v) is 7.03. The molecule has 3 aromatic rings.